The van der Waals surface area contributed by atoms with Crippen LogP contribution in [-0.4, -0.2) is 28.1 Å². The maximum atomic E-state index is 12.6. The van der Waals surface area contributed by atoms with Gasteiger partial charge in [0.15, 0.2) is 0 Å². The molecule has 0 bridgehead atoms. The van der Waals surface area contributed by atoms with E-state index in [0.29, 0.717) is 5.56 Å². The van der Waals surface area contributed by atoms with Crippen molar-refractivity contribution in [3.63, 3.8) is 0 Å². The molecule has 4 nitrogen and oxygen atoms in total. The monoisotopic (exact) mass is 316 g/mol. The minimum absolute atomic E-state index is 0.00537. The van der Waals surface area contributed by atoms with Crippen LogP contribution in [-0.2, 0) is 15.6 Å². The summed E-state index contributed by atoms with van der Waals surface area (Å²) in [5.41, 5.74) is -0.245. The predicted molar refractivity (Wildman–Crippen MR) is 75.3 cm³/mol. The van der Waals surface area contributed by atoms with Crippen LogP contribution in [0, 0.1) is 0 Å². The second kappa shape index (κ2) is 4.74. The number of aromatic nitrogens is 2. The summed E-state index contributed by atoms with van der Waals surface area (Å²) < 4.78 is 50.0. The van der Waals surface area contributed by atoms with Crippen LogP contribution >= 0.6 is 0 Å². The van der Waals surface area contributed by atoms with Gasteiger partial charge in [0.2, 0.25) is 0 Å². The molecule has 122 valence electrons. The molecule has 22 heavy (non-hydrogen) atoms. The first-order valence-electron chi connectivity index (χ1n) is 7.49. The molecule has 0 N–H and O–H groups in total. The highest BCUT2D eigenvalue weighted by Crippen LogP contribution is 2.53. The van der Waals surface area contributed by atoms with E-state index in [2.05, 4.69) is 5.10 Å². The first kappa shape index (κ1) is 15.9. The summed E-state index contributed by atoms with van der Waals surface area (Å²) in [5, 5.41) is 3.42. The number of halogens is 3. The summed E-state index contributed by atoms with van der Waals surface area (Å²) in [7, 11) is -0.377. The van der Waals surface area contributed by atoms with E-state index in [-0.39, 0.29) is 23.5 Å². The van der Waals surface area contributed by atoms with E-state index in [1.165, 1.54) is 6.20 Å². The molecule has 2 fully saturated rings. The Labute approximate surface area is 128 Å². The third-order valence-electron chi connectivity index (χ3n) is 5.24. The summed E-state index contributed by atoms with van der Waals surface area (Å²) in [6.07, 6.45) is -0.379. The number of rotatable bonds is 2. The Hall–Kier alpha value is -1.02. The molecule has 3 rings (SSSR count). The van der Waals surface area contributed by atoms with E-state index in [9.17, 15) is 13.2 Å². The second-order valence-electron chi connectivity index (χ2n) is 7.16. The van der Waals surface area contributed by atoms with E-state index in [0.717, 1.165) is 19.0 Å². The van der Waals surface area contributed by atoms with Gasteiger partial charge in [0.25, 0.3) is 0 Å². The van der Waals surface area contributed by atoms with Crippen LogP contribution in [0.5, 0.6) is 0 Å². The fraction of sp³-hybridized carbons (Fsp3) is 0.786. The first-order chi connectivity index (χ1) is 10.0. The van der Waals surface area contributed by atoms with E-state index in [1.807, 2.05) is 27.7 Å². The van der Waals surface area contributed by atoms with Gasteiger partial charge in [-0.3, -0.25) is 0 Å². The highest BCUT2D eigenvalue weighted by Gasteiger charge is 2.57. The Kier molecular flexibility index (Phi) is 3.42. The lowest BCUT2D eigenvalue weighted by atomic mass is 9.53. The molecular weight excluding hydrogens is 296 g/mol. The van der Waals surface area contributed by atoms with Gasteiger partial charge in [0.05, 0.1) is 17.4 Å². The van der Waals surface area contributed by atoms with Gasteiger partial charge in [-0.05, 0) is 45.6 Å². The molecule has 2 heterocycles. The Bertz CT molecular complexity index is 555. The van der Waals surface area contributed by atoms with E-state index in [4.69, 9.17) is 9.31 Å². The van der Waals surface area contributed by atoms with Crippen LogP contribution in [0.25, 0.3) is 0 Å². The van der Waals surface area contributed by atoms with Crippen molar-refractivity contribution in [2.75, 3.05) is 0 Å². The predicted octanol–water partition coefficient (Wildman–Crippen LogP) is 3.70. The van der Waals surface area contributed by atoms with Gasteiger partial charge in [-0.15, -0.1) is 13.2 Å². The summed E-state index contributed by atoms with van der Waals surface area (Å²) in [4.78, 5) is 0. The lowest BCUT2D eigenvalue weighted by Crippen LogP contribution is -2.41. The van der Waals surface area contributed by atoms with Crippen LogP contribution in [0.1, 0.15) is 52.0 Å². The van der Waals surface area contributed by atoms with Gasteiger partial charge in [0, 0.05) is 12.0 Å². The molecule has 0 spiro atoms. The molecule has 8 heteroatoms. The minimum Gasteiger partial charge on any atom is -0.403 e. The number of hydrogen-bond acceptors (Lipinski definition) is 3. The fourth-order valence-corrected chi connectivity index (χ4v) is 3.00. The molecule has 0 unspecified atom stereocenters. The maximum Gasteiger partial charge on any atom is 0.504 e. The Morgan fingerprint density at radius 2 is 1.77 bits per heavy atom. The standard InChI is InChI=1S/C14H20BF3N2O2/c1-12(2)13(3,4)22-15(21-12)11-6-5-10(11)9-7-19-20(8-9)14(16,17)18/h7-8,10-11H,5-6H2,1-4H3/t10-,11+/m0/s1. The molecule has 1 aliphatic carbocycles. The van der Waals surface area contributed by atoms with Crippen LogP contribution in [0.3, 0.4) is 0 Å². The van der Waals surface area contributed by atoms with Gasteiger partial charge in [-0.2, -0.15) is 9.78 Å². The molecular formula is C14H20BF3N2O2. The summed E-state index contributed by atoms with van der Waals surface area (Å²) in [5.74, 6) is 0.0812. The fourth-order valence-electron chi connectivity index (χ4n) is 3.00. The SMILES string of the molecule is CC1(C)OB([C@@H]2CC[C@H]2c2cnn(C(F)(F)F)c2)OC1(C)C. The van der Waals surface area contributed by atoms with Crippen molar-refractivity contribution in [1.82, 2.24) is 9.78 Å². The Balaban J connectivity index is 1.74. The largest absolute Gasteiger partial charge is 0.504 e. The smallest absolute Gasteiger partial charge is 0.403 e. The van der Waals surface area contributed by atoms with E-state index in [1.54, 1.807) is 0 Å². The zero-order valence-corrected chi connectivity index (χ0v) is 13.1. The third-order valence-corrected chi connectivity index (χ3v) is 5.24. The van der Waals surface area contributed by atoms with Gasteiger partial charge >= 0.3 is 13.4 Å². The van der Waals surface area contributed by atoms with Crippen molar-refractivity contribution in [3.8, 4) is 0 Å². The quantitative estimate of drug-likeness (QED) is 0.781. The summed E-state index contributed by atoms with van der Waals surface area (Å²) >= 11 is 0. The van der Waals surface area contributed by atoms with Gasteiger partial charge < -0.3 is 9.31 Å². The molecule has 1 aliphatic heterocycles. The zero-order valence-electron chi connectivity index (χ0n) is 13.1. The Morgan fingerprint density at radius 3 is 2.18 bits per heavy atom. The van der Waals surface area contributed by atoms with E-state index < -0.39 is 17.5 Å². The number of alkyl halides is 3. The number of hydrogen-bond donors (Lipinski definition) is 0. The van der Waals surface area contributed by atoms with Crippen molar-refractivity contribution < 1.29 is 22.5 Å². The minimum atomic E-state index is -4.47. The van der Waals surface area contributed by atoms with Crippen molar-refractivity contribution in [2.45, 2.75) is 69.8 Å². The second-order valence-corrected chi connectivity index (χ2v) is 7.16. The molecule has 2 aliphatic rings. The van der Waals surface area contributed by atoms with E-state index >= 15 is 0 Å². The van der Waals surface area contributed by atoms with Crippen LogP contribution < -0.4 is 0 Å². The maximum absolute atomic E-state index is 12.6. The highest BCUT2D eigenvalue weighted by atomic mass is 19.4. The molecule has 0 radical (unpaired) electrons. The first-order valence-corrected chi connectivity index (χ1v) is 7.49. The average molecular weight is 316 g/mol. The normalized spacial score (nSPS) is 30.4. The van der Waals surface area contributed by atoms with Gasteiger partial charge in [-0.1, -0.05) is 6.42 Å². The molecule has 1 aromatic heterocycles. The van der Waals surface area contributed by atoms with Crippen molar-refractivity contribution in [1.29, 1.82) is 0 Å². The topological polar surface area (TPSA) is 36.3 Å². The Morgan fingerprint density at radius 1 is 1.18 bits per heavy atom. The average Bonchev–Trinajstić information content (AvgIpc) is 2.81. The molecule has 0 amide bonds. The van der Waals surface area contributed by atoms with Crippen LogP contribution in [0.15, 0.2) is 12.4 Å². The molecule has 2 atom stereocenters. The molecule has 0 aromatic carbocycles. The highest BCUT2D eigenvalue weighted by molar-refractivity contribution is 6.48. The van der Waals surface area contributed by atoms with Crippen LogP contribution in [0.2, 0.25) is 5.82 Å². The molecule has 1 saturated carbocycles. The molecule has 1 saturated heterocycles. The zero-order chi connectivity index (χ0) is 16.3. The van der Waals surface area contributed by atoms with Crippen molar-refractivity contribution in [2.24, 2.45) is 0 Å². The third kappa shape index (κ3) is 2.46. The van der Waals surface area contributed by atoms with Gasteiger partial charge in [-0.25, -0.2) is 0 Å². The molecule has 1 aromatic rings. The van der Waals surface area contributed by atoms with Gasteiger partial charge in [0.1, 0.15) is 0 Å². The lowest BCUT2D eigenvalue weighted by molar-refractivity contribution is -0.212. The lowest BCUT2D eigenvalue weighted by Gasteiger charge is -2.37. The summed E-state index contributed by atoms with van der Waals surface area (Å²) in [6, 6.07) is 0. The number of nitrogens with zero attached hydrogens (tertiary/aromatic N) is 2. The van der Waals surface area contributed by atoms with Crippen molar-refractivity contribution in [3.05, 3.63) is 18.0 Å². The summed E-state index contributed by atoms with van der Waals surface area (Å²) in [6.45, 7) is 7.90. The van der Waals surface area contributed by atoms with Crippen LogP contribution in [0.4, 0.5) is 13.2 Å². The van der Waals surface area contributed by atoms with Crippen molar-refractivity contribution >= 4 is 7.12 Å².